The van der Waals surface area contributed by atoms with Gasteiger partial charge in [-0.05, 0) is 74.8 Å². The average Bonchev–Trinajstić information content (AvgIpc) is 2.70. The van der Waals surface area contributed by atoms with Gasteiger partial charge in [0, 0.05) is 21.9 Å². The van der Waals surface area contributed by atoms with Gasteiger partial charge in [-0.15, -0.1) is 0 Å². The van der Waals surface area contributed by atoms with Crippen molar-refractivity contribution in [3.8, 4) is 5.75 Å². The maximum absolute atomic E-state index is 15.2. The molecule has 156 valence electrons. The van der Waals surface area contributed by atoms with Crippen molar-refractivity contribution in [1.29, 1.82) is 0 Å². The minimum atomic E-state index is -0.519. The number of ether oxygens (including phenoxy) is 1. The van der Waals surface area contributed by atoms with Gasteiger partial charge in [-0.1, -0.05) is 30.2 Å². The van der Waals surface area contributed by atoms with Crippen LogP contribution in [0.2, 0.25) is 5.02 Å². The first-order valence-corrected chi connectivity index (χ1v) is 10.8. The van der Waals surface area contributed by atoms with Crippen LogP contribution < -0.4 is 4.74 Å². The van der Waals surface area contributed by atoms with Crippen molar-refractivity contribution < 1.29 is 18.6 Å². The number of rotatable bonds is 5. The van der Waals surface area contributed by atoms with E-state index in [0.29, 0.717) is 36.0 Å². The van der Waals surface area contributed by atoms with Gasteiger partial charge in [-0.2, -0.15) is 0 Å². The zero-order valence-electron chi connectivity index (χ0n) is 16.6. The number of hydrogen-bond donors (Lipinski definition) is 1. The number of benzene rings is 2. The summed E-state index contributed by atoms with van der Waals surface area (Å²) in [5.41, 5.74) is 0.937. The van der Waals surface area contributed by atoms with E-state index < -0.39 is 17.0 Å². The highest BCUT2D eigenvalue weighted by molar-refractivity contribution is 6.30. The Balaban J connectivity index is 1.80. The summed E-state index contributed by atoms with van der Waals surface area (Å²) in [7, 11) is 0. The number of halogens is 3. The lowest BCUT2D eigenvalue weighted by atomic mass is 9.55. The Morgan fingerprint density at radius 1 is 1.17 bits per heavy atom. The molecule has 1 heterocycles. The summed E-state index contributed by atoms with van der Waals surface area (Å²) in [6.45, 7) is 2.18. The lowest BCUT2D eigenvalue weighted by molar-refractivity contribution is 0.0237. The van der Waals surface area contributed by atoms with Gasteiger partial charge in [0.15, 0.2) is 11.6 Å². The Kier molecular flexibility index (Phi) is 5.85. The third-order valence-corrected chi connectivity index (χ3v) is 7.08. The molecule has 1 fully saturated rings. The van der Waals surface area contributed by atoms with Gasteiger partial charge in [-0.3, -0.25) is 0 Å². The molecule has 4 rings (SSSR count). The summed E-state index contributed by atoms with van der Waals surface area (Å²) in [5.74, 6) is -0.431. The molecule has 2 aromatic carbocycles. The van der Waals surface area contributed by atoms with Crippen molar-refractivity contribution in [3.63, 3.8) is 0 Å². The van der Waals surface area contributed by atoms with Crippen LogP contribution >= 0.6 is 11.6 Å². The zero-order valence-corrected chi connectivity index (χ0v) is 17.4. The molecule has 0 radical (unpaired) electrons. The molecule has 1 N–H and O–H groups in total. The molecule has 0 amide bonds. The first-order chi connectivity index (χ1) is 13.9. The molecular weight excluding hydrogens is 394 g/mol. The Labute approximate surface area is 175 Å². The van der Waals surface area contributed by atoms with Crippen molar-refractivity contribution in [2.75, 3.05) is 6.61 Å². The van der Waals surface area contributed by atoms with E-state index in [1.165, 1.54) is 6.07 Å². The quantitative estimate of drug-likeness (QED) is 0.636. The first-order valence-electron chi connectivity index (χ1n) is 10.4. The number of aliphatic hydroxyl groups is 1. The van der Waals surface area contributed by atoms with Crippen LogP contribution in [-0.4, -0.2) is 17.8 Å². The van der Waals surface area contributed by atoms with E-state index in [1.54, 1.807) is 6.92 Å². The monoisotopic (exact) mass is 420 g/mol. The number of fused-ring (bicyclic) bond motifs is 3. The van der Waals surface area contributed by atoms with Gasteiger partial charge in [0.25, 0.3) is 0 Å². The molecule has 29 heavy (non-hydrogen) atoms. The summed E-state index contributed by atoms with van der Waals surface area (Å²) >= 11 is 6.06. The summed E-state index contributed by atoms with van der Waals surface area (Å²) < 4.78 is 35.6. The SMILES string of the molecule is CC(O)CC[C@@H]1CCC[C@@]2(Cc3ccc(Cl)cc3)c3c(F)ccc(F)c3OCC12. The second kappa shape index (κ2) is 8.23. The summed E-state index contributed by atoms with van der Waals surface area (Å²) in [6, 6.07) is 10.0. The fraction of sp³-hybridized carbons (Fsp3) is 0.500. The fourth-order valence-corrected chi connectivity index (χ4v) is 5.64. The van der Waals surface area contributed by atoms with Crippen molar-refractivity contribution in [3.05, 3.63) is 64.2 Å². The van der Waals surface area contributed by atoms with E-state index >= 15 is 4.39 Å². The molecule has 2 aromatic rings. The molecule has 1 aliphatic heterocycles. The van der Waals surface area contributed by atoms with Crippen LogP contribution in [0.25, 0.3) is 0 Å². The topological polar surface area (TPSA) is 29.5 Å². The Hall–Kier alpha value is -1.65. The Morgan fingerprint density at radius 2 is 1.90 bits per heavy atom. The van der Waals surface area contributed by atoms with Crippen LogP contribution in [0.3, 0.4) is 0 Å². The highest BCUT2D eigenvalue weighted by Crippen LogP contribution is 2.56. The predicted molar refractivity (Wildman–Crippen MR) is 110 cm³/mol. The molecule has 0 spiro atoms. The highest BCUT2D eigenvalue weighted by Gasteiger charge is 2.52. The third kappa shape index (κ3) is 3.89. The van der Waals surface area contributed by atoms with Crippen LogP contribution in [0.1, 0.15) is 50.2 Å². The van der Waals surface area contributed by atoms with E-state index in [1.807, 2.05) is 24.3 Å². The maximum Gasteiger partial charge on any atom is 0.165 e. The minimum Gasteiger partial charge on any atom is -0.490 e. The lowest BCUT2D eigenvalue weighted by Gasteiger charge is -2.52. The molecular formula is C24H27ClF2O2. The largest absolute Gasteiger partial charge is 0.490 e. The second-order valence-electron chi connectivity index (χ2n) is 8.69. The van der Waals surface area contributed by atoms with Gasteiger partial charge in [0.05, 0.1) is 12.7 Å². The Morgan fingerprint density at radius 3 is 2.62 bits per heavy atom. The number of hydrogen-bond acceptors (Lipinski definition) is 2. The van der Waals surface area contributed by atoms with Crippen LogP contribution in [0.15, 0.2) is 36.4 Å². The van der Waals surface area contributed by atoms with E-state index in [-0.39, 0.29) is 17.8 Å². The molecule has 2 unspecified atom stereocenters. The lowest BCUT2D eigenvalue weighted by Crippen LogP contribution is -2.51. The molecule has 4 atom stereocenters. The molecule has 5 heteroatoms. The van der Waals surface area contributed by atoms with Crippen molar-refractivity contribution >= 4 is 11.6 Å². The standard InChI is InChI=1S/C24H27ClF2O2/c1-15(28)4-7-17-3-2-12-24(13-16-5-8-18(25)9-6-16)19(17)14-29-23-21(27)11-10-20(26)22(23)24/h5-6,8-11,15,17,19,28H,2-4,7,12-14H2,1H3/t15?,17-,19?,24-/m0/s1. The van der Waals surface area contributed by atoms with E-state index in [9.17, 15) is 9.50 Å². The summed E-state index contributed by atoms with van der Waals surface area (Å²) in [6.07, 6.45) is 4.59. The average molecular weight is 421 g/mol. The van der Waals surface area contributed by atoms with Crippen LogP contribution in [0.5, 0.6) is 5.75 Å². The molecule has 1 saturated carbocycles. The van der Waals surface area contributed by atoms with Gasteiger partial charge in [0.2, 0.25) is 0 Å². The molecule has 1 aliphatic carbocycles. The fourth-order valence-electron chi connectivity index (χ4n) is 5.51. The zero-order chi connectivity index (χ0) is 20.6. The smallest absolute Gasteiger partial charge is 0.165 e. The van der Waals surface area contributed by atoms with Crippen molar-refractivity contribution in [2.24, 2.45) is 11.8 Å². The highest BCUT2D eigenvalue weighted by atomic mass is 35.5. The van der Waals surface area contributed by atoms with Gasteiger partial charge < -0.3 is 9.84 Å². The molecule has 2 aliphatic rings. The molecule has 2 nitrogen and oxygen atoms in total. The third-order valence-electron chi connectivity index (χ3n) is 6.83. The predicted octanol–water partition coefficient (Wildman–Crippen LogP) is 6.07. The summed E-state index contributed by atoms with van der Waals surface area (Å²) in [5, 5.41) is 10.4. The first kappa shape index (κ1) is 20.6. The molecule has 0 aromatic heterocycles. The maximum atomic E-state index is 15.2. The molecule has 0 bridgehead atoms. The minimum absolute atomic E-state index is 0.0754. The van der Waals surface area contributed by atoms with Crippen molar-refractivity contribution in [2.45, 2.75) is 57.0 Å². The van der Waals surface area contributed by atoms with Crippen molar-refractivity contribution in [1.82, 2.24) is 0 Å². The van der Waals surface area contributed by atoms with E-state index in [0.717, 1.165) is 37.3 Å². The van der Waals surface area contributed by atoms with Crippen LogP contribution in [-0.2, 0) is 11.8 Å². The normalized spacial score (nSPS) is 26.9. The van der Waals surface area contributed by atoms with Gasteiger partial charge in [-0.25, -0.2) is 8.78 Å². The van der Waals surface area contributed by atoms with E-state index in [4.69, 9.17) is 16.3 Å². The molecule has 0 saturated heterocycles. The van der Waals surface area contributed by atoms with E-state index in [2.05, 4.69) is 0 Å². The van der Waals surface area contributed by atoms with Gasteiger partial charge in [0.1, 0.15) is 5.82 Å². The summed E-state index contributed by atoms with van der Waals surface area (Å²) in [4.78, 5) is 0. The van der Waals surface area contributed by atoms with Crippen LogP contribution in [0, 0.1) is 23.5 Å². The number of aliphatic hydroxyl groups excluding tert-OH is 1. The van der Waals surface area contributed by atoms with Crippen LogP contribution in [0.4, 0.5) is 8.78 Å². The second-order valence-corrected chi connectivity index (χ2v) is 9.13. The van der Waals surface area contributed by atoms with Gasteiger partial charge >= 0.3 is 0 Å². The Bertz CT molecular complexity index is 868.